The van der Waals surface area contributed by atoms with Crippen molar-refractivity contribution in [2.75, 3.05) is 32.1 Å². The minimum Gasteiger partial charge on any atom is -0.368 e. The molecule has 112 valence electrons. The first kappa shape index (κ1) is 15.8. The second-order valence-corrected chi connectivity index (χ2v) is 6.90. The molecule has 1 fully saturated rings. The SMILES string of the molecule is CNC(C)c1cc(Br)ccc1N1CC(C)N(C)C(C)C1. The molecular weight excluding hydrogens is 314 g/mol. The second-order valence-electron chi connectivity index (χ2n) is 5.98. The van der Waals surface area contributed by atoms with Gasteiger partial charge in [0, 0.05) is 41.4 Å². The summed E-state index contributed by atoms with van der Waals surface area (Å²) < 4.78 is 1.15. The van der Waals surface area contributed by atoms with Crippen molar-refractivity contribution in [3.05, 3.63) is 28.2 Å². The highest BCUT2D eigenvalue weighted by atomic mass is 79.9. The van der Waals surface area contributed by atoms with Crippen molar-refractivity contribution in [1.82, 2.24) is 10.2 Å². The average Bonchev–Trinajstić information content (AvgIpc) is 2.43. The van der Waals surface area contributed by atoms with Gasteiger partial charge in [0.1, 0.15) is 0 Å². The first-order chi connectivity index (χ1) is 9.43. The molecule has 3 nitrogen and oxygen atoms in total. The lowest BCUT2D eigenvalue weighted by molar-refractivity contribution is 0.170. The highest BCUT2D eigenvalue weighted by molar-refractivity contribution is 9.10. The zero-order valence-electron chi connectivity index (χ0n) is 13.2. The maximum atomic E-state index is 3.60. The summed E-state index contributed by atoms with van der Waals surface area (Å²) in [6.45, 7) is 9.01. The van der Waals surface area contributed by atoms with Gasteiger partial charge in [-0.05, 0) is 58.6 Å². The molecule has 3 atom stereocenters. The fourth-order valence-corrected chi connectivity index (χ4v) is 3.30. The molecule has 1 heterocycles. The van der Waals surface area contributed by atoms with E-state index in [-0.39, 0.29) is 0 Å². The highest BCUT2D eigenvalue weighted by Crippen LogP contribution is 2.31. The minimum atomic E-state index is 0.354. The van der Waals surface area contributed by atoms with Gasteiger partial charge in [0.05, 0.1) is 0 Å². The van der Waals surface area contributed by atoms with Crippen molar-refractivity contribution < 1.29 is 0 Å². The van der Waals surface area contributed by atoms with Crippen LogP contribution >= 0.6 is 15.9 Å². The summed E-state index contributed by atoms with van der Waals surface area (Å²) in [5.41, 5.74) is 2.73. The largest absolute Gasteiger partial charge is 0.368 e. The number of nitrogens with zero attached hydrogens (tertiary/aromatic N) is 2. The molecule has 0 spiro atoms. The first-order valence-electron chi connectivity index (χ1n) is 7.37. The Labute approximate surface area is 131 Å². The van der Waals surface area contributed by atoms with Gasteiger partial charge in [-0.25, -0.2) is 0 Å². The average molecular weight is 340 g/mol. The van der Waals surface area contributed by atoms with Crippen LogP contribution in [-0.2, 0) is 0 Å². The van der Waals surface area contributed by atoms with Gasteiger partial charge in [0.25, 0.3) is 0 Å². The lowest BCUT2D eigenvalue weighted by atomic mass is 10.0. The molecule has 1 aliphatic heterocycles. The molecule has 20 heavy (non-hydrogen) atoms. The molecule has 1 aromatic rings. The smallest absolute Gasteiger partial charge is 0.0416 e. The van der Waals surface area contributed by atoms with Crippen LogP contribution in [0.25, 0.3) is 0 Å². The first-order valence-corrected chi connectivity index (χ1v) is 8.17. The Hall–Kier alpha value is -0.580. The zero-order chi connectivity index (χ0) is 14.9. The van der Waals surface area contributed by atoms with E-state index in [0.717, 1.165) is 17.6 Å². The predicted octanol–water partition coefficient (Wildman–Crippen LogP) is 3.26. The van der Waals surface area contributed by atoms with Gasteiger partial charge in [-0.2, -0.15) is 0 Å². The Morgan fingerprint density at radius 2 is 1.85 bits per heavy atom. The maximum absolute atomic E-state index is 3.60. The van der Waals surface area contributed by atoms with Crippen LogP contribution in [0.5, 0.6) is 0 Å². The Morgan fingerprint density at radius 3 is 2.40 bits per heavy atom. The zero-order valence-corrected chi connectivity index (χ0v) is 14.7. The Kier molecular flexibility index (Phi) is 5.10. The summed E-state index contributed by atoms with van der Waals surface area (Å²) in [5, 5.41) is 3.36. The topological polar surface area (TPSA) is 18.5 Å². The van der Waals surface area contributed by atoms with Gasteiger partial charge in [-0.15, -0.1) is 0 Å². The van der Waals surface area contributed by atoms with E-state index in [1.807, 2.05) is 7.05 Å². The van der Waals surface area contributed by atoms with Crippen molar-refractivity contribution in [3.63, 3.8) is 0 Å². The molecule has 3 unspecified atom stereocenters. The van der Waals surface area contributed by atoms with Crippen LogP contribution in [0.1, 0.15) is 32.4 Å². The van der Waals surface area contributed by atoms with E-state index in [4.69, 9.17) is 0 Å². The van der Waals surface area contributed by atoms with Crippen LogP contribution in [0, 0.1) is 0 Å². The number of hydrogen-bond acceptors (Lipinski definition) is 3. The molecule has 0 bridgehead atoms. The van der Waals surface area contributed by atoms with Crippen molar-refractivity contribution >= 4 is 21.6 Å². The van der Waals surface area contributed by atoms with E-state index in [9.17, 15) is 0 Å². The molecule has 0 amide bonds. The molecule has 4 heteroatoms. The number of rotatable bonds is 3. The van der Waals surface area contributed by atoms with Crippen LogP contribution in [0.2, 0.25) is 0 Å². The monoisotopic (exact) mass is 339 g/mol. The van der Waals surface area contributed by atoms with Gasteiger partial charge in [-0.1, -0.05) is 15.9 Å². The lowest BCUT2D eigenvalue weighted by Crippen LogP contribution is -2.55. The molecule has 0 radical (unpaired) electrons. The molecule has 1 aliphatic rings. The Morgan fingerprint density at radius 1 is 1.25 bits per heavy atom. The summed E-state index contributed by atoms with van der Waals surface area (Å²) >= 11 is 3.60. The lowest BCUT2D eigenvalue weighted by Gasteiger charge is -2.44. The fraction of sp³-hybridized carbons (Fsp3) is 0.625. The van der Waals surface area contributed by atoms with E-state index >= 15 is 0 Å². The van der Waals surface area contributed by atoms with Crippen molar-refractivity contribution in [3.8, 4) is 0 Å². The summed E-state index contributed by atoms with van der Waals surface area (Å²) in [6.07, 6.45) is 0. The molecule has 1 aromatic carbocycles. The summed E-state index contributed by atoms with van der Waals surface area (Å²) in [4.78, 5) is 5.00. The molecule has 0 aliphatic carbocycles. The van der Waals surface area contributed by atoms with Gasteiger partial charge in [0.2, 0.25) is 0 Å². The van der Waals surface area contributed by atoms with Crippen molar-refractivity contribution in [1.29, 1.82) is 0 Å². The number of benzene rings is 1. The van der Waals surface area contributed by atoms with Crippen LogP contribution in [0.15, 0.2) is 22.7 Å². The third kappa shape index (κ3) is 3.18. The molecule has 0 saturated carbocycles. The number of hydrogen-bond donors (Lipinski definition) is 1. The van der Waals surface area contributed by atoms with Gasteiger partial charge < -0.3 is 10.2 Å². The van der Waals surface area contributed by atoms with E-state index in [0.29, 0.717) is 18.1 Å². The predicted molar refractivity (Wildman–Crippen MR) is 90.5 cm³/mol. The summed E-state index contributed by atoms with van der Waals surface area (Å²) in [5.74, 6) is 0. The van der Waals surface area contributed by atoms with Crippen LogP contribution in [-0.4, -0.2) is 44.2 Å². The summed E-state index contributed by atoms with van der Waals surface area (Å²) in [6, 6.07) is 8.16. The number of likely N-dealkylation sites (N-methyl/N-ethyl adjacent to an activating group) is 1. The number of piperazine rings is 1. The second kappa shape index (κ2) is 6.46. The van der Waals surface area contributed by atoms with E-state index in [1.165, 1.54) is 11.3 Å². The van der Waals surface area contributed by atoms with Crippen LogP contribution < -0.4 is 10.2 Å². The standard InChI is InChI=1S/C16H26BrN3/c1-11-9-20(10-12(2)19(11)5)16-7-6-14(17)8-15(16)13(3)18-4/h6-8,11-13,18H,9-10H2,1-5H3. The van der Waals surface area contributed by atoms with E-state index in [2.05, 4.69) is 77.1 Å². The Balaban J connectivity index is 2.32. The summed E-state index contributed by atoms with van der Waals surface area (Å²) in [7, 11) is 4.25. The molecule has 1 saturated heterocycles. The van der Waals surface area contributed by atoms with E-state index < -0.39 is 0 Å². The number of halogens is 1. The molecule has 0 aromatic heterocycles. The maximum Gasteiger partial charge on any atom is 0.0416 e. The third-order valence-electron chi connectivity index (χ3n) is 4.59. The molecule has 2 rings (SSSR count). The molecule has 1 N–H and O–H groups in total. The van der Waals surface area contributed by atoms with Crippen LogP contribution in [0.4, 0.5) is 5.69 Å². The number of anilines is 1. The van der Waals surface area contributed by atoms with Crippen molar-refractivity contribution in [2.24, 2.45) is 0 Å². The highest BCUT2D eigenvalue weighted by Gasteiger charge is 2.28. The molecular formula is C16H26BrN3. The van der Waals surface area contributed by atoms with Crippen LogP contribution in [0.3, 0.4) is 0 Å². The third-order valence-corrected chi connectivity index (χ3v) is 5.08. The van der Waals surface area contributed by atoms with Gasteiger partial charge in [-0.3, -0.25) is 4.90 Å². The van der Waals surface area contributed by atoms with Gasteiger partial charge >= 0.3 is 0 Å². The minimum absolute atomic E-state index is 0.354. The Bertz CT molecular complexity index is 451. The van der Waals surface area contributed by atoms with Gasteiger partial charge in [0.15, 0.2) is 0 Å². The quantitative estimate of drug-likeness (QED) is 0.911. The normalized spacial score (nSPS) is 25.8. The number of nitrogens with one attached hydrogen (secondary N) is 1. The fourth-order valence-electron chi connectivity index (χ4n) is 2.92. The van der Waals surface area contributed by atoms with Crippen molar-refractivity contribution in [2.45, 2.75) is 38.9 Å². The van der Waals surface area contributed by atoms with E-state index in [1.54, 1.807) is 0 Å².